The average molecular weight is 499 g/mol. The normalized spacial score (nSPS) is 14.1. The number of hydrogen-bond acceptors (Lipinski definition) is 6. The van der Waals surface area contributed by atoms with Crippen molar-refractivity contribution in [2.24, 2.45) is 0 Å². The SMILES string of the molecule is CCN1CCN(c2ccc(NC(=O)COC(=O)Cn3c4ccccc4c(=O)c4ccccc43)cc2)CC1. The van der Waals surface area contributed by atoms with Crippen molar-refractivity contribution in [1.82, 2.24) is 9.47 Å². The Labute approximate surface area is 215 Å². The largest absolute Gasteiger partial charge is 0.454 e. The standard InChI is InChI=1S/C29H30N4O4/c1-2-31-15-17-32(18-16-31)22-13-11-21(12-14-22)30-27(34)20-37-28(35)19-33-25-9-5-3-7-23(25)29(36)24-8-4-6-10-26(24)33/h3-14H,2,15-20H2,1H3,(H,30,34). The van der Waals surface area contributed by atoms with Crippen LogP contribution in [0.5, 0.6) is 0 Å². The fourth-order valence-electron chi connectivity index (χ4n) is 4.84. The van der Waals surface area contributed by atoms with Crippen LogP contribution in [0.15, 0.2) is 77.6 Å². The van der Waals surface area contributed by atoms with E-state index in [0.717, 1.165) is 38.4 Å². The van der Waals surface area contributed by atoms with E-state index in [4.69, 9.17) is 4.74 Å². The van der Waals surface area contributed by atoms with Crippen molar-refractivity contribution in [2.75, 3.05) is 49.5 Å². The molecule has 0 unspecified atom stereocenters. The fraction of sp³-hybridized carbons (Fsp3) is 0.276. The molecule has 4 aromatic rings. The molecule has 1 aliphatic rings. The summed E-state index contributed by atoms with van der Waals surface area (Å²) in [6.45, 7) is 6.80. The first-order valence-electron chi connectivity index (χ1n) is 12.6. The topological polar surface area (TPSA) is 83.9 Å². The van der Waals surface area contributed by atoms with Gasteiger partial charge < -0.3 is 24.4 Å². The number of fused-ring (bicyclic) bond motifs is 2. The summed E-state index contributed by atoms with van der Waals surface area (Å²) in [5.74, 6) is -0.969. The molecular weight excluding hydrogens is 468 g/mol. The molecule has 0 saturated carbocycles. The lowest BCUT2D eigenvalue weighted by molar-refractivity contribution is -0.147. The summed E-state index contributed by atoms with van der Waals surface area (Å²) in [5.41, 5.74) is 2.98. The van der Waals surface area contributed by atoms with E-state index >= 15 is 0 Å². The van der Waals surface area contributed by atoms with Crippen LogP contribution >= 0.6 is 0 Å². The first-order chi connectivity index (χ1) is 18.0. The van der Waals surface area contributed by atoms with Gasteiger partial charge in [0.2, 0.25) is 0 Å². The summed E-state index contributed by atoms with van der Waals surface area (Å²) in [6, 6.07) is 22.0. The highest BCUT2D eigenvalue weighted by atomic mass is 16.5. The van der Waals surface area contributed by atoms with Crippen LogP contribution in [-0.4, -0.2) is 60.7 Å². The van der Waals surface area contributed by atoms with E-state index in [1.807, 2.05) is 36.4 Å². The van der Waals surface area contributed by atoms with Gasteiger partial charge >= 0.3 is 5.97 Å². The highest BCUT2D eigenvalue weighted by Crippen LogP contribution is 2.21. The lowest BCUT2D eigenvalue weighted by Crippen LogP contribution is -2.46. The predicted molar refractivity (Wildman–Crippen MR) is 146 cm³/mol. The highest BCUT2D eigenvalue weighted by molar-refractivity contribution is 5.95. The Morgan fingerprint density at radius 2 is 1.43 bits per heavy atom. The van der Waals surface area contributed by atoms with Crippen LogP contribution in [-0.2, 0) is 20.9 Å². The van der Waals surface area contributed by atoms with Gasteiger partial charge in [0, 0.05) is 48.3 Å². The van der Waals surface area contributed by atoms with Gasteiger partial charge in [-0.2, -0.15) is 0 Å². The maximum atomic E-state index is 12.9. The molecule has 2 heterocycles. The molecule has 1 aliphatic heterocycles. The Hall–Kier alpha value is -4.17. The number of aromatic nitrogens is 1. The van der Waals surface area contributed by atoms with Gasteiger partial charge in [0.25, 0.3) is 5.91 Å². The van der Waals surface area contributed by atoms with E-state index in [1.54, 1.807) is 41.0 Å². The van der Waals surface area contributed by atoms with Crippen molar-refractivity contribution in [1.29, 1.82) is 0 Å². The molecular formula is C29H30N4O4. The van der Waals surface area contributed by atoms with Crippen LogP contribution in [0.1, 0.15) is 6.92 Å². The predicted octanol–water partition coefficient (Wildman–Crippen LogP) is 3.48. The molecule has 1 saturated heterocycles. The third-order valence-corrected chi connectivity index (χ3v) is 6.87. The zero-order chi connectivity index (χ0) is 25.8. The summed E-state index contributed by atoms with van der Waals surface area (Å²) in [4.78, 5) is 42.8. The number of benzene rings is 3. The molecule has 5 rings (SSSR count). The van der Waals surface area contributed by atoms with Crippen LogP contribution in [0.2, 0.25) is 0 Å². The van der Waals surface area contributed by atoms with Gasteiger partial charge in [-0.25, -0.2) is 0 Å². The van der Waals surface area contributed by atoms with Crippen LogP contribution in [0, 0.1) is 0 Å². The van der Waals surface area contributed by atoms with E-state index in [9.17, 15) is 14.4 Å². The summed E-state index contributed by atoms with van der Waals surface area (Å²) in [6.07, 6.45) is 0. The van der Waals surface area contributed by atoms with Crippen molar-refractivity contribution < 1.29 is 14.3 Å². The van der Waals surface area contributed by atoms with Crippen molar-refractivity contribution >= 4 is 45.1 Å². The van der Waals surface area contributed by atoms with Gasteiger partial charge in [-0.15, -0.1) is 0 Å². The third kappa shape index (κ3) is 5.34. The molecule has 1 fully saturated rings. The number of ether oxygens (including phenoxy) is 1. The number of carbonyl (C=O) groups is 2. The molecule has 1 N–H and O–H groups in total. The maximum Gasteiger partial charge on any atom is 0.326 e. The van der Waals surface area contributed by atoms with E-state index in [2.05, 4.69) is 22.0 Å². The number of nitrogens with zero attached hydrogens (tertiary/aromatic N) is 3. The zero-order valence-electron chi connectivity index (χ0n) is 20.9. The molecule has 8 nitrogen and oxygen atoms in total. The number of likely N-dealkylation sites (N-methyl/N-ethyl adjacent to an activating group) is 1. The number of para-hydroxylation sites is 2. The number of rotatable bonds is 7. The Kier molecular flexibility index (Phi) is 7.18. The quantitative estimate of drug-likeness (QED) is 0.310. The van der Waals surface area contributed by atoms with Gasteiger partial charge in [0.05, 0.1) is 11.0 Å². The average Bonchev–Trinajstić information content (AvgIpc) is 2.94. The molecule has 0 radical (unpaired) electrons. The minimum Gasteiger partial charge on any atom is -0.454 e. The molecule has 0 aliphatic carbocycles. The van der Waals surface area contributed by atoms with Gasteiger partial charge in [0.1, 0.15) is 6.54 Å². The van der Waals surface area contributed by atoms with Crippen LogP contribution in [0.25, 0.3) is 21.8 Å². The second-order valence-corrected chi connectivity index (χ2v) is 9.13. The first-order valence-corrected chi connectivity index (χ1v) is 12.6. The molecule has 0 spiro atoms. The number of amides is 1. The summed E-state index contributed by atoms with van der Waals surface area (Å²) in [5, 5.41) is 3.84. The zero-order valence-corrected chi connectivity index (χ0v) is 20.9. The van der Waals surface area contributed by atoms with Crippen molar-refractivity contribution in [2.45, 2.75) is 13.5 Å². The van der Waals surface area contributed by atoms with E-state index < -0.39 is 18.5 Å². The van der Waals surface area contributed by atoms with E-state index in [0.29, 0.717) is 27.5 Å². The molecule has 37 heavy (non-hydrogen) atoms. The smallest absolute Gasteiger partial charge is 0.326 e. The lowest BCUT2D eigenvalue weighted by atomic mass is 10.1. The van der Waals surface area contributed by atoms with Gasteiger partial charge in [-0.05, 0) is 55.1 Å². The summed E-state index contributed by atoms with van der Waals surface area (Å²) < 4.78 is 7.04. The Bertz CT molecular complexity index is 1430. The summed E-state index contributed by atoms with van der Waals surface area (Å²) >= 11 is 0. The van der Waals surface area contributed by atoms with Gasteiger partial charge in [0.15, 0.2) is 12.0 Å². The molecule has 190 valence electrons. The minimum absolute atomic E-state index is 0.0792. The Balaban J connectivity index is 1.20. The number of esters is 1. The lowest BCUT2D eigenvalue weighted by Gasteiger charge is -2.35. The summed E-state index contributed by atoms with van der Waals surface area (Å²) in [7, 11) is 0. The highest BCUT2D eigenvalue weighted by Gasteiger charge is 2.17. The van der Waals surface area contributed by atoms with Crippen LogP contribution < -0.4 is 15.6 Å². The Morgan fingerprint density at radius 3 is 2.03 bits per heavy atom. The van der Waals surface area contributed by atoms with Crippen LogP contribution in [0.3, 0.4) is 0 Å². The molecule has 8 heteroatoms. The number of hydrogen-bond donors (Lipinski definition) is 1. The second-order valence-electron chi connectivity index (χ2n) is 9.13. The maximum absolute atomic E-state index is 12.9. The Morgan fingerprint density at radius 1 is 0.838 bits per heavy atom. The molecule has 0 atom stereocenters. The fourth-order valence-corrected chi connectivity index (χ4v) is 4.84. The molecule has 1 aromatic heterocycles. The van der Waals surface area contributed by atoms with E-state index in [-0.39, 0.29) is 12.0 Å². The van der Waals surface area contributed by atoms with Gasteiger partial charge in [-0.3, -0.25) is 14.4 Å². The van der Waals surface area contributed by atoms with Crippen molar-refractivity contribution in [3.8, 4) is 0 Å². The number of anilines is 2. The molecule has 0 bridgehead atoms. The van der Waals surface area contributed by atoms with Crippen LogP contribution in [0.4, 0.5) is 11.4 Å². The molecule has 3 aromatic carbocycles. The third-order valence-electron chi connectivity index (χ3n) is 6.87. The van der Waals surface area contributed by atoms with Gasteiger partial charge in [-0.1, -0.05) is 31.2 Å². The molecule has 1 amide bonds. The van der Waals surface area contributed by atoms with E-state index in [1.165, 1.54) is 0 Å². The van der Waals surface area contributed by atoms with Crippen molar-refractivity contribution in [3.05, 3.63) is 83.0 Å². The number of carbonyl (C=O) groups excluding carboxylic acids is 2. The second kappa shape index (κ2) is 10.8. The van der Waals surface area contributed by atoms with Crippen molar-refractivity contribution in [3.63, 3.8) is 0 Å². The number of nitrogens with one attached hydrogen (secondary N) is 1. The monoisotopic (exact) mass is 498 g/mol. The number of piperazine rings is 1. The first kappa shape index (κ1) is 24.5. The number of pyridine rings is 1. The minimum atomic E-state index is -0.560.